The van der Waals surface area contributed by atoms with E-state index in [9.17, 15) is 22.0 Å². The van der Waals surface area contributed by atoms with Crippen molar-refractivity contribution in [1.82, 2.24) is 5.32 Å². The molecule has 0 saturated carbocycles. The van der Waals surface area contributed by atoms with Crippen molar-refractivity contribution in [3.05, 3.63) is 33.8 Å². The first kappa shape index (κ1) is 17.5. The van der Waals surface area contributed by atoms with Crippen LogP contribution in [0, 0.1) is 0 Å². The summed E-state index contributed by atoms with van der Waals surface area (Å²) in [5.74, 6) is -4.94. The molecule has 0 heterocycles. The predicted molar refractivity (Wildman–Crippen MR) is 68.5 cm³/mol. The van der Waals surface area contributed by atoms with Gasteiger partial charge in [0.15, 0.2) is 0 Å². The monoisotopic (exact) mass is 335 g/mol. The van der Waals surface area contributed by atoms with Crippen molar-refractivity contribution in [2.45, 2.75) is 31.5 Å². The van der Waals surface area contributed by atoms with E-state index in [0.717, 1.165) is 12.1 Å². The van der Waals surface area contributed by atoms with Gasteiger partial charge in [-0.2, -0.15) is 22.0 Å². The van der Waals surface area contributed by atoms with Crippen molar-refractivity contribution in [3.8, 4) is 0 Å². The molecule has 0 bridgehead atoms. The number of rotatable bonds is 5. The number of nitrogens with one attached hydrogen (secondary N) is 1. The third-order valence-electron chi connectivity index (χ3n) is 2.61. The molecular formula is C12H12Cl2F5N. The Balaban J connectivity index is 3.25. The zero-order valence-electron chi connectivity index (χ0n) is 10.4. The van der Waals surface area contributed by atoms with Crippen LogP contribution in [0.3, 0.4) is 0 Å². The van der Waals surface area contributed by atoms with Crippen molar-refractivity contribution in [2.75, 3.05) is 6.54 Å². The maximum Gasteiger partial charge on any atom is 0.455 e. The number of hydrogen-bond acceptors (Lipinski definition) is 1. The summed E-state index contributed by atoms with van der Waals surface area (Å²) < 4.78 is 64.9. The second kappa shape index (κ2) is 6.45. The highest BCUT2D eigenvalue weighted by atomic mass is 35.5. The minimum absolute atomic E-state index is 0.00467. The number of benzene rings is 1. The zero-order valence-corrected chi connectivity index (χ0v) is 11.9. The van der Waals surface area contributed by atoms with Crippen LogP contribution in [0.25, 0.3) is 0 Å². The quantitative estimate of drug-likeness (QED) is 0.726. The van der Waals surface area contributed by atoms with Crippen LogP contribution in [0.15, 0.2) is 18.2 Å². The molecule has 0 aliphatic heterocycles. The molecule has 0 fully saturated rings. The molecule has 114 valence electrons. The fraction of sp³-hybridized carbons (Fsp3) is 0.500. The Morgan fingerprint density at radius 1 is 1.15 bits per heavy atom. The van der Waals surface area contributed by atoms with E-state index in [1.807, 2.05) is 0 Å². The highest BCUT2D eigenvalue weighted by Gasteiger charge is 2.62. The Morgan fingerprint density at radius 3 is 2.20 bits per heavy atom. The van der Waals surface area contributed by atoms with E-state index in [4.69, 9.17) is 23.2 Å². The Hall–Kier alpha value is -0.590. The summed E-state index contributed by atoms with van der Waals surface area (Å²) in [6.07, 6.45) is -5.28. The molecule has 0 aliphatic rings. The molecule has 1 atom stereocenters. The highest BCUT2D eigenvalue weighted by Crippen LogP contribution is 2.46. The molecule has 1 aromatic rings. The van der Waals surface area contributed by atoms with Crippen molar-refractivity contribution >= 4 is 23.2 Å². The Kier molecular flexibility index (Phi) is 5.63. The van der Waals surface area contributed by atoms with Gasteiger partial charge in [0.2, 0.25) is 0 Å². The fourth-order valence-electron chi connectivity index (χ4n) is 1.62. The van der Waals surface area contributed by atoms with Crippen LogP contribution >= 0.6 is 23.2 Å². The van der Waals surface area contributed by atoms with Gasteiger partial charge in [0.05, 0.1) is 0 Å². The SMILES string of the molecule is CCCNC(c1ccc(Cl)cc1Cl)C(F)(F)C(F)(F)F. The maximum atomic E-state index is 13.6. The van der Waals surface area contributed by atoms with Gasteiger partial charge >= 0.3 is 12.1 Å². The molecule has 1 unspecified atom stereocenters. The van der Waals surface area contributed by atoms with Crippen molar-refractivity contribution < 1.29 is 22.0 Å². The predicted octanol–water partition coefficient (Wildman–Crippen LogP) is 5.23. The van der Waals surface area contributed by atoms with Gasteiger partial charge in [-0.15, -0.1) is 0 Å². The first-order valence-electron chi connectivity index (χ1n) is 5.74. The molecular weight excluding hydrogens is 324 g/mol. The molecule has 0 amide bonds. The lowest BCUT2D eigenvalue weighted by atomic mass is 9.99. The highest BCUT2D eigenvalue weighted by molar-refractivity contribution is 6.35. The molecule has 1 nitrogen and oxygen atoms in total. The van der Waals surface area contributed by atoms with Crippen LogP contribution in [-0.2, 0) is 0 Å². The van der Waals surface area contributed by atoms with Gasteiger partial charge in [-0.05, 0) is 30.7 Å². The molecule has 0 radical (unpaired) electrons. The Morgan fingerprint density at radius 2 is 1.75 bits per heavy atom. The van der Waals surface area contributed by atoms with E-state index in [2.05, 4.69) is 5.32 Å². The Labute approximate surface area is 123 Å². The van der Waals surface area contributed by atoms with E-state index in [1.54, 1.807) is 6.92 Å². The lowest BCUT2D eigenvalue weighted by molar-refractivity contribution is -0.294. The van der Waals surface area contributed by atoms with E-state index < -0.39 is 18.1 Å². The minimum Gasteiger partial charge on any atom is -0.305 e. The van der Waals surface area contributed by atoms with Crippen LogP contribution in [-0.4, -0.2) is 18.6 Å². The third kappa shape index (κ3) is 3.74. The summed E-state index contributed by atoms with van der Waals surface area (Å²) in [7, 11) is 0. The zero-order chi connectivity index (χ0) is 15.6. The van der Waals surface area contributed by atoms with Crippen LogP contribution in [0.2, 0.25) is 10.0 Å². The third-order valence-corrected chi connectivity index (χ3v) is 3.17. The molecule has 0 spiro atoms. The lowest BCUT2D eigenvalue weighted by Gasteiger charge is -2.30. The summed E-state index contributed by atoms with van der Waals surface area (Å²) in [4.78, 5) is 0. The Bertz CT molecular complexity index is 462. The summed E-state index contributed by atoms with van der Waals surface area (Å²) in [6, 6.07) is 1.16. The minimum atomic E-state index is -5.68. The first-order chi connectivity index (χ1) is 9.11. The van der Waals surface area contributed by atoms with E-state index in [0.29, 0.717) is 6.42 Å². The van der Waals surface area contributed by atoms with Gasteiger partial charge in [0.25, 0.3) is 0 Å². The first-order valence-corrected chi connectivity index (χ1v) is 6.49. The number of alkyl halides is 5. The summed E-state index contributed by atoms with van der Waals surface area (Å²) >= 11 is 11.3. The number of hydrogen-bond donors (Lipinski definition) is 1. The smallest absolute Gasteiger partial charge is 0.305 e. The normalized spacial score (nSPS) is 14.4. The second-order valence-electron chi connectivity index (χ2n) is 4.17. The molecule has 1 aromatic carbocycles. The van der Waals surface area contributed by atoms with Crippen molar-refractivity contribution in [2.24, 2.45) is 0 Å². The fourth-order valence-corrected chi connectivity index (χ4v) is 2.14. The van der Waals surface area contributed by atoms with Crippen molar-refractivity contribution in [3.63, 3.8) is 0 Å². The average Bonchev–Trinajstić information content (AvgIpc) is 2.30. The van der Waals surface area contributed by atoms with Crippen LogP contribution < -0.4 is 5.32 Å². The van der Waals surface area contributed by atoms with E-state index in [1.165, 1.54) is 6.07 Å². The summed E-state index contributed by atoms with van der Waals surface area (Å²) in [6.45, 7) is 1.65. The second-order valence-corrected chi connectivity index (χ2v) is 5.02. The summed E-state index contributed by atoms with van der Waals surface area (Å²) in [5.41, 5.74) is -0.341. The largest absolute Gasteiger partial charge is 0.455 e. The maximum absolute atomic E-state index is 13.6. The summed E-state index contributed by atoms with van der Waals surface area (Å²) in [5, 5.41) is 2.11. The van der Waals surface area contributed by atoms with Gasteiger partial charge in [-0.25, -0.2) is 0 Å². The number of halogens is 7. The van der Waals surface area contributed by atoms with Gasteiger partial charge in [-0.3, -0.25) is 0 Å². The molecule has 0 aliphatic carbocycles. The molecule has 0 aromatic heterocycles. The van der Waals surface area contributed by atoms with Gasteiger partial charge in [-0.1, -0.05) is 36.2 Å². The van der Waals surface area contributed by atoms with Gasteiger partial charge < -0.3 is 5.32 Å². The van der Waals surface area contributed by atoms with Crippen LogP contribution in [0.5, 0.6) is 0 Å². The van der Waals surface area contributed by atoms with Crippen molar-refractivity contribution in [1.29, 1.82) is 0 Å². The van der Waals surface area contributed by atoms with Crippen LogP contribution in [0.1, 0.15) is 24.9 Å². The topological polar surface area (TPSA) is 12.0 Å². The average molecular weight is 336 g/mol. The molecule has 1 rings (SSSR count). The lowest BCUT2D eigenvalue weighted by Crippen LogP contribution is -2.48. The molecule has 8 heteroatoms. The van der Waals surface area contributed by atoms with E-state index >= 15 is 0 Å². The van der Waals surface area contributed by atoms with Crippen LogP contribution in [0.4, 0.5) is 22.0 Å². The molecule has 0 saturated heterocycles. The molecule has 1 N–H and O–H groups in total. The standard InChI is InChI=1S/C12H12Cl2F5N/c1-2-5-20-10(11(15,16)12(17,18)19)8-4-3-7(13)6-9(8)14/h3-4,6,10,20H,2,5H2,1H3. The molecule has 20 heavy (non-hydrogen) atoms. The van der Waals surface area contributed by atoms with E-state index in [-0.39, 0.29) is 22.2 Å². The van der Waals surface area contributed by atoms with Gasteiger partial charge in [0, 0.05) is 10.0 Å². The van der Waals surface area contributed by atoms with Gasteiger partial charge in [0.1, 0.15) is 6.04 Å².